The van der Waals surface area contributed by atoms with Crippen LogP contribution in [0.4, 0.5) is 4.79 Å². The average Bonchev–Trinajstić information content (AvgIpc) is 3.48. The predicted octanol–water partition coefficient (Wildman–Crippen LogP) is -1.75. The predicted molar refractivity (Wildman–Crippen MR) is 141 cm³/mol. The van der Waals surface area contributed by atoms with Crippen LogP contribution in [0.3, 0.4) is 0 Å². The number of carboxylic acids is 1. The molecule has 3 fully saturated rings. The van der Waals surface area contributed by atoms with Gasteiger partial charge in [0.2, 0.25) is 18.0 Å². The molecular formula is C22H27N6NaO8S2. The number of carbonyl (C=O) groups is 7. The van der Waals surface area contributed by atoms with Crippen molar-refractivity contribution in [3.05, 3.63) is 22.4 Å². The van der Waals surface area contributed by atoms with Crippen LogP contribution in [0.15, 0.2) is 17.5 Å². The summed E-state index contributed by atoms with van der Waals surface area (Å²) in [5.41, 5.74) is -1.95. The van der Waals surface area contributed by atoms with E-state index in [2.05, 4.69) is 16.0 Å². The van der Waals surface area contributed by atoms with E-state index in [1.54, 1.807) is 38.3 Å². The minimum atomic E-state index is -1.95. The summed E-state index contributed by atoms with van der Waals surface area (Å²) in [6, 6.07) is -0.379. The third-order valence-corrected chi connectivity index (χ3v) is 9.25. The Balaban J connectivity index is 0.00000420. The molecule has 0 radical (unpaired) electrons. The molecule has 0 spiro atoms. The van der Waals surface area contributed by atoms with E-state index in [4.69, 9.17) is 0 Å². The van der Waals surface area contributed by atoms with Crippen molar-refractivity contribution in [2.24, 2.45) is 0 Å². The standard InChI is InChI=1S/C22H26N6O8S2.Na.H/c1-4-26-7-8-27(16(32)15(26)31)20(36)24-12(11-6-5-9-37-11)14(30)25-22(23-10-29)18(35)28-13(17(33)34)21(2,3)38-19(22)28;;/h5-6,9-10,12-13,19H,4,7-8H2,1-3H3,(H,23,29)(H,24,36)(H,25,30)(H,33,34);;/t12?,13-,19+,22+;;/m0../s1. The van der Waals surface area contributed by atoms with Gasteiger partial charge in [0.25, 0.3) is 5.91 Å². The molecule has 4 heterocycles. The molecule has 4 N–H and O–H groups in total. The number of rotatable bonds is 8. The van der Waals surface area contributed by atoms with Gasteiger partial charge in [-0.25, -0.2) is 9.59 Å². The van der Waals surface area contributed by atoms with Crippen LogP contribution in [0.25, 0.3) is 0 Å². The van der Waals surface area contributed by atoms with E-state index in [9.17, 15) is 38.7 Å². The fourth-order valence-electron chi connectivity index (χ4n) is 4.80. The van der Waals surface area contributed by atoms with Gasteiger partial charge in [0, 0.05) is 29.3 Å². The zero-order chi connectivity index (χ0) is 28.0. The topological polar surface area (TPSA) is 186 Å². The molecule has 4 atom stereocenters. The number of hydrogen-bond acceptors (Lipinski definition) is 9. The van der Waals surface area contributed by atoms with Gasteiger partial charge in [0.1, 0.15) is 17.5 Å². The maximum absolute atomic E-state index is 13.5. The van der Waals surface area contributed by atoms with Crippen molar-refractivity contribution in [1.82, 2.24) is 30.7 Å². The number of carbonyl (C=O) groups excluding carboxylic acids is 6. The number of fused-ring (bicyclic) bond motifs is 1. The van der Waals surface area contributed by atoms with Crippen LogP contribution in [-0.4, -0.2) is 133 Å². The molecule has 3 saturated heterocycles. The zero-order valence-electron chi connectivity index (χ0n) is 20.6. The molecule has 0 saturated carbocycles. The number of urea groups is 1. The van der Waals surface area contributed by atoms with Crippen LogP contribution in [0.1, 0.15) is 31.7 Å². The summed E-state index contributed by atoms with van der Waals surface area (Å²) in [5, 5.41) is 17.7. The van der Waals surface area contributed by atoms with Gasteiger partial charge in [-0.2, -0.15) is 0 Å². The number of thiophene rings is 1. The summed E-state index contributed by atoms with van der Waals surface area (Å²) in [5.74, 6) is -4.80. The second-order valence-corrected chi connectivity index (χ2v) is 12.0. The van der Waals surface area contributed by atoms with E-state index >= 15 is 0 Å². The molecule has 0 bridgehead atoms. The van der Waals surface area contributed by atoms with Crippen LogP contribution < -0.4 is 16.0 Å². The van der Waals surface area contributed by atoms with Gasteiger partial charge >= 0.3 is 53.4 Å². The number of hydrogen-bond donors (Lipinski definition) is 4. The third kappa shape index (κ3) is 5.15. The number of amides is 7. The van der Waals surface area contributed by atoms with Gasteiger partial charge < -0.3 is 30.9 Å². The number of imide groups is 1. The van der Waals surface area contributed by atoms with Crippen LogP contribution >= 0.6 is 23.1 Å². The van der Waals surface area contributed by atoms with Gasteiger partial charge in [0.15, 0.2) is 0 Å². The molecule has 17 heteroatoms. The van der Waals surface area contributed by atoms with Crippen molar-refractivity contribution in [1.29, 1.82) is 0 Å². The second kappa shape index (κ2) is 11.4. The Morgan fingerprint density at radius 3 is 2.46 bits per heavy atom. The van der Waals surface area contributed by atoms with Crippen molar-refractivity contribution >= 4 is 94.7 Å². The van der Waals surface area contributed by atoms with Crippen molar-refractivity contribution in [2.75, 3.05) is 19.6 Å². The molecule has 3 aliphatic rings. The summed E-state index contributed by atoms with van der Waals surface area (Å²) in [6.45, 7) is 5.35. The first-order chi connectivity index (χ1) is 17.9. The Labute approximate surface area is 253 Å². The summed E-state index contributed by atoms with van der Waals surface area (Å²) in [6.07, 6.45) is 0.230. The van der Waals surface area contributed by atoms with Gasteiger partial charge in [-0.1, -0.05) is 6.07 Å². The maximum atomic E-state index is 13.5. The van der Waals surface area contributed by atoms with E-state index < -0.39 is 63.5 Å². The third-order valence-electron chi connectivity index (χ3n) is 6.68. The quantitative estimate of drug-likeness (QED) is 0.0896. The van der Waals surface area contributed by atoms with Crippen molar-refractivity contribution in [2.45, 2.75) is 48.6 Å². The molecule has 39 heavy (non-hydrogen) atoms. The Morgan fingerprint density at radius 1 is 1.21 bits per heavy atom. The summed E-state index contributed by atoms with van der Waals surface area (Å²) in [4.78, 5) is 91.4. The van der Waals surface area contributed by atoms with E-state index in [0.29, 0.717) is 16.3 Å². The molecular weight excluding hydrogens is 563 g/mol. The number of nitrogens with one attached hydrogen (secondary N) is 3. The number of piperazine rings is 1. The fourth-order valence-corrected chi connectivity index (χ4v) is 7.22. The molecule has 1 unspecified atom stereocenters. The normalized spacial score (nSPS) is 26.1. The summed E-state index contributed by atoms with van der Waals surface area (Å²) in [7, 11) is 0. The Morgan fingerprint density at radius 2 is 1.90 bits per heavy atom. The summed E-state index contributed by atoms with van der Waals surface area (Å²) >= 11 is 2.22. The number of β-lactam (4-membered cyclic amide) rings is 1. The van der Waals surface area contributed by atoms with Crippen LogP contribution in [-0.2, 0) is 28.8 Å². The van der Waals surface area contributed by atoms with Crippen molar-refractivity contribution < 1.29 is 38.7 Å². The number of carboxylic acid groups (broad SMARTS) is 1. The van der Waals surface area contributed by atoms with Gasteiger partial charge in [-0.3, -0.25) is 28.9 Å². The van der Waals surface area contributed by atoms with Crippen LogP contribution in [0.2, 0.25) is 0 Å². The molecule has 7 amide bonds. The molecule has 3 aliphatic heterocycles. The fraction of sp³-hybridized carbons (Fsp3) is 0.500. The molecule has 1 aromatic rings. The average molecular weight is 591 g/mol. The van der Waals surface area contributed by atoms with E-state index in [-0.39, 0.29) is 49.1 Å². The number of likely N-dealkylation sites (N-methyl/N-ethyl adjacent to an activating group) is 1. The van der Waals surface area contributed by atoms with Crippen molar-refractivity contribution in [3.8, 4) is 0 Å². The van der Waals surface area contributed by atoms with Gasteiger partial charge in [-0.15, -0.1) is 23.1 Å². The second-order valence-electron chi connectivity index (χ2n) is 9.33. The first-order valence-electron chi connectivity index (χ1n) is 11.6. The van der Waals surface area contributed by atoms with Gasteiger partial charge in [-0.05, 0) is 32.2 Å². The number of thioether (sulfide) groups is 1. The Kier molecular flexibility index (Phi) is 9.06. The van der Waals surface area contributed by atoms with Crippen molar-refractivity contribution in [3.63, 3.8) is 0 Å². The number of nitrogens with zero attached hydrogens (tertiary/aromatic N) is 3. The molecule has 14 nitrogen and oxygen atoms in total. The minimum absolute atomic E-state index is 0. The number of aliphatic carboxylic acids is 1. The molecule has 206 valence electrons. The monoisotopic (exact) mass is 590 g/mol. The van der Waals surface area contributed by atoms with Crippen LogP contribution in [0.5, 0.6) is 0 Å². The molecule has 4 rings (SSSR count). The molecule has 0 aliphatic carbocycles. The SMILES string of the molecule is CCN1CCN(C(=O)NC(C(=O)N[C@]2(NC=O)C(=O)N3[C@@H](C(=O)O)C(C)(C)S[C@@H]32)c2cccs2)C(=O)C1=O.[NaH]. The Hall–Kier alpha value is -2.66. The van der Waals surface area contributed by atoms with Gasteiger partial charge in [0.05, 0.1) is 0 Å². The van der Waals surface area contributed by atoms with Crippen LogP contribution in [0, 0.1) is 0 Å². The van der Waals surface area contributed by atoms with E-state index in [1.165, 1.54) is 4.90 Å². The Bertz CT molecular complexity index is 1210. The van der Waals surface area contributed by atoms with E-state index in [1.807, 2.05) is 0 Å². The first-order valence-corrected chi connectivity index (χ1v) is 13.4. The van der Waals surface area contributed by atoms with E-state index in [0.717, 1.165) is 28.0 Å². The summed E-state index contributed by atoms with van der Waals surface area (Å²) < 4.78 is -0.932. The molecule has 0 aromatic carbocycles. The first kappa shape index (κ1) is 30.9. The molecule has 1 aromatic heterocycles. The zero-order valence-corrected chi connectivity index (χ0v) is 22.3.